The van der Waals surface area contributed by atoms with Crippen LogP contribution in [0.1, 0.15) is 23.7 Å². The van der Waals surface area contributed by atoms with Gasteiger partial charge in [0.15, 0.2) is 5.13 Å². The number of thiazole rings is 2. The minimum atomic E-state index is 0.414. The van der Waals surface area contributed by atoms with Crippen LogP contribution in [-0.2, 0) is 0 Å². The normalized spacial score (nSPS) is 11.1. The van der Waals surface area contributed by atoms with E-state index in [1.165, 1.54) is 4.88 Å². The number of hydrogen-bond acceptors (Lipinski definition) is 5. The van der Waals surface area contributed by atoms with Gasteiger partial charge in [-0.1, -0.05) is 0 Å². The van der Waals surface area contributed by atoms with E-state index in [1.54, 1.807) is 22.7 Å². The minimum absolute atomic E-state index is 0.414. The van der Waals surface area contributed by atoms with Crippen molar-refractivity contribution in [3.05, 3.63) is 15.3 Å². The summed E-state index contributed by atoms with van der Waals surface area (Å²) >= 11 is 3.35. The van der Waals surface area contributed by atoms with Gasteiger partial charge >= 0.3 is 0 Å². The van der Waals surface area contributed by atoms with Crippen molar-refractivity contribution in [2.24, 2.45) is 0 Å². The molecule has 3 nitrogen and oxygen atoms in total. The molecule has 5 heteroatoms. The summed E-state index contributed by atoms with van der Waals surface area (Å²) in [5.41, 5.74) is 2.01. The number of aryl methyl sites for hydroxylation is 2. The van der Waals surface area contributed by atoms with Crippen LogP contribution >= 0.6 is 22.7 Å². The second-order valence-corrected chi connectivity index (χ2v) is 6.24. The maximum Gasteiger partial charge on any atom is 0.183 e. The van der Waals surface area contributed by atoms with E-state index >= 15 is 0 Å². The lowest BCUT2D eigenvalue weighted by molar-refractivity contribution is 0.896. The lowest BCUT2D eigenvalue weighted by atomic mass is 10.3. The van der Waals surface area contributed by atoms with Crippen LogP contribution in [0.2, 0.25) is 0 Å². The van der Waals surface area contributed by atoms with Gasteiger partial charge in [-0.25, -0.2) is 9.97 Å². The molecule has 0 aliphatic rings. The summed E-state index contributed by atoms with van der Waals surface area (Å²) in [6, 6.07) is 0.414. The van der Waals surface area contributed by atoms with Crippen LogP contribution in [0.4, 0.5) is 5.13 Å². The summed E-state index contributed by atoms with van der Waals surface area (Å²) in [5, 5.41) is 7.43. The number of anilines is 1. The van der Waals surface area contributed by atoms with E-state index in [2.05, 4.69) is 41.4 Å². The van der Waals surface area contributed by atoms with Gasteiger partial charge in [0.25, 0.3) is 0 Å². The lowest BCUT2D eigenvalue weighted by Crippen LogP contribution is -2.08. The van der Waals surface area contributed by atoms with Crippen molar-refractivity contribution in [1.29, 1.82) is 0 Å². The summed E-state index contributed by atoms with van der Waals surface area (Å²) in [5.74, 6) is 0. The quantitative estimate of drug-likeness (QED) is 0.906. The molecule has 2 rings (SSSR count). The summed E-state index contributed by atoms with van der Waals surface area (Å²) in [6.07, 6.45) is 0. The highest BCUT2D eigenvalue weighted by Gasteiger charge is 2.11. The Morgan fingerprint density at radius 3 is 2.56 bits per heavy atom. The van der Waals surface area contributed by atoms with Crippen molar-refractivity contribution in [3.63, 3.8) is 0 Å². The molecule has 0 atom stereocenters. The van der Waals surface area contributed by atoms with E-state index in [0.717, 1.165) is 21.5 Å². The van der Waals surface area contributed by atoms with E-state index in [0.29, 0.717) is 6.04 Å². The third-order valence-electron chi connectivity index (χ3n) is 2.06. The monoisotopic (exact) mass is 253 g/mol. The van der Waals surface area contributed by atoms with Gasteiger partial charge < -0.3 is 5.32 Å². The van der Waals surface area contributed by atoms with Gasteiger partial charge in [-0.15, -0.1) is 22.7 Å². The van der Waals surface area contributed by atoms with E-state index in [4.69, 9.17) is 0 Å². The SMILES string of the molecule is Cc1nc(-c2csc(NC(C)C)n2)c(C)s1. The van der Waals surface area contributed by atoms with Crippen LogP contribution in [0.25, 0.3) is 11.4 Å². The Kier molecular flexibility index (Phi) is 3.25. The predicted molar refractivity (Wildman–Crippen MR) is 71.5 cm³/mol. The summed E-state index contributed by atoms with van der Waals surface area (Å²) < 4.78 is 0. The Morgan fingerprint density at radius 1 is 1.25 bits per heavy atom. The Balaban J connectivity index is 2.28. The van der Waals surface area contributed by atoms with Gasteiger partial charge in [-0.2, -0.15) is 0 Å². The molecule has 86 valence electrons. The number of nitrogens with one attached hydrogen (secondary N) is 1. The Bertz CT molecular complexity index is 485. The Labute approximate surface area is 104 Å². The Hall–Kier alpha value is -0.940. The second-order valence-electron chi connectivity index (χ2n) is 3.97. The van der Waals surface area contributed by atoms with E-state index in [9.17, 15) is 0 Å². The third-order valence-corrected chi connectivity index (χ3v) is 3.72. The van der Waals surface area contributed by atoms with Gasteiger partial charge in [0, 0.05) is 16.3 Å². The number of nitrogens with zero attached hydrogens (tertiary/aromatic N) is 2. The zero-order chi connectivity index (χ0) is 11.7. The van der Waals surface area contributed by atoms with Crippen molar-refractivity contribution < 1.29 is 0 Å². The van der Waals surface area contributed by atoms with Crippen LogP contribution in [-0.4, -0.2) is 16.0 Å². The third kappa shape index (κ3) is 2.41. The topological polar surface area (TPSA) is 37.8 Å². The molecule has 0 saturated heterocycles. The fourth-order valence-electron chi connectivity index (χ4n) is 1.46. The highest BCUT2D eigenvalue weighted by Crippen LogP contribution is 2.29. The maximum absolute atomic E-state index is 4.55. The predicted octanol–water partition coefficient (Wildman–Crippen LogP) is 3.70. The molecule has 0 unspecified atom stereocenters. The molecule has 2 aromatic rings. The molecular weight excluding hydrogens is 238 g/mol. The molecule has 0 radical (unpaired) electrons. The summed E-state index contributed by atoms with van der Waals surface area (Å²) in [4.78, 5) is 10.3. The van der Waals surface area contributed by atoms with Gasteiger partial charge in [0.1, 0.15) is 11.4 Å². The smallest absolute Gasteiger partial charge is 0.183 e. The molecule has 0 aliphatic heterocycles. The van der Waals surface area contributed by atoms with Crippen LogP contribution < -0.4 is 5.32 Å². The average molecular weight is 253 g/mol. The zero-order valence-electron chi connectivity index (χ0n) is 9.87. The first-order valence-corrected chi connectivity index (χ1v) is 6.92. The number of hydrogen-bond donors (Lipinski definition) is 1. The maximum atomic E-state index is 4.55. The second kappa shape index (κ2) is 4.51. The largest absolute Gasteiger partial charge is 0.359 e. The molecule has 1 N–H and O–H groups in total. The molecule has 0 aromatic carbocycles. The van der Waals surface area contributed by atoms with E-state index in [-0.39, 0.29) is 0 Å². The molecule has 2 heterocycles. The fourth-order valence-corrected chi connectivity index (χ4v) is 3.13. The van der Waals surface area contributed by atoms with E-state index < -0.39 is 0 Å². The standard InChI is InChI=1S/C11H15N3S2/c1-6(2)12-11-14-9(5-15-11)10-7(3)16-8(4)13-10/h5-6H,1-4H3,(H,12,14). The molecule has 0 spiro atoms. The summed E-state index contributed by atoms with van der Waals surface area (Å²) in [6.45, 7) is 8.34. The lowest BCUT2D eigenvalue weighted by Gasteiger charge is -2.04. The molecule has 0 amide bonds. The first kappa shape index (κ1) is 11.5. The molecule has 2 aromatic heterocycles. The van der Waals surface area contributed by atoms with E-state index in [1.807, 2.05) is 6.92 Å². The fraction of sp³-hybridized carbons (Fsp3) is 0.455. The summed E-state index contributed by atoms with van der Waals surface area (Å²) in [7, 11) is 0. The minimum Gasteiger partial charge on any atom is -0.359 e. The first-order chi connectivity index (χ1) is 7.56. The molecule has 16 heavy (non-hydrogen) atoms. The van der Waals surface area contributed by atoms with Crippen molar-refractivity contribution in [1.82, 2.24) is 9.97 Å². The van der Waals surface area contributed by atoms with Crippen LogP contribution in [0.15, 0.2) is 5.38 Å². The molecule has 0 aliphatic carbocycles. The zero-order valence-corrected chi connectivity index (χ0v) is 11.5. The molecule has 0 bridgehead atoms. The molecule has 0 saturated carbocycles. The average Bonchev–Trinajstić information content (AvgIpc) is 2.72. The van der Waals surface area contributed by atoms with Crippen molar-refractivity contribution in [2.45, 2.75) is 33.7 Å². The molecule has 0 fully saturated rings. The highest BCUT2D eigenvalue weighted by atomic mass is 32.1. The molecular formula is C11H15N3S2. The Morgan fingerprint density at radius 2 is 2.00 bits per heavy atom. The number of rotatable bonds is 3. The number of aromatic nitrogens is 2. The van der Waals surface area contributed by atoms with Crippen molar-refractivity contribution in [3.8, 4) is 11.4 Å². The van der Waals surface area contributed by atoms with Crippen LogP contribution in [0, 0.1) is 13.8 Å². The highest BCUT2D eigenvalue weighted by molar-refractivity contribution is 7.14. The van der Waals surface area contributed by atoms with Gasteiger partial charge in [0.05, 0.1) is 5.01 Å². The first-order valence-electron chi connectivity index (χ1n) is 5.22. The van der Waals surface area contributed by atoms with Gasteiger partial charge in [0.2, 0.25) is 0 Å². The van der Waals surface area contributed by atoms with Crippen molar-refractivity contribution >= 4 is 27.8 Å². The van der Waals surface area contributed by atoms with Crippen LogP contribution in [0.3, 0.4) is 0 Å². The van der Waals surface area contributed by atoms with Crippen molar-refractivity contribution in [2.75, 3.05) is 5.32 Å². The van der Waals surface area contributed by atoms with Gasteiger partial charge in [-0.3, -0.25) is 0 Å². The van der Waals surface area contributed by atoms with Crippen LogP contribution in [0.5, 0.6) is 0 Å². The van der Waals surface area contributed by atoms with Gasteiger partial charge in [-0.05, 0) is 27.7 Å².